The quantitative estimate of drug-likeness (QED) is 0.833. The molecule has 0 amide bonds. The highest BCUT2D eigenvalue weighted by Gasteiger charge is 2.26. The molecule has 1 aliphatic rings. The van der Waals surface area contributed by atoms with Crippen molar-refractivity contribution in [2.24, 2.45) is 0 Å². The summed E-state index contributed by atoms with van der Waals surface area (Å²) >= 11 is 1.79. The Labute approximate surface area is 121 Å². The van der Waals surface area contributed by atoms with Gasteiger partial charge in [-0.25, -0.2) is 4.79 Å². The molecule has 1 aromatic carbocycles. The molecule has 20 heavy (non-hydrogen) atoms. The third-order valence-corrected chi connectivity index (χ3v) is 4.86. The number of benzene rings is 1. The fourth-order valence-corrected chi connectivity index (χ4v) is 3.73. The molecule has 0 saturated heterocycles. The molecule has 1 atom stereocenters. The van der Waals surface area contributed by atoms with Crippen molar-refractivity contribution in [2.45, 2.75) is 19.4 Å². The number of fused-ring (bicyclic) bond motifs is 1. The van der Waals surface area contributed by atoms with Crippen LogP contribution in [-0.2, 0) is 6.42 Å². The summed E-state index contributed by atoms with van der Waals surface area (Å²) in [4.78, 5) is 14.7. The summed E-state index contributed by atoms with van der Waals surface area (Å²) in [7, 11) is 0. The SMILES string of the molecule is CC1c2ccsc2CCN1c1cc(C(=O)O)ccc1N. The Kier molecular flexibility index (Phi) is 3.14. The standard InChI is InChI=1S/C15H16N2O2S/c1-9-11-5-7-20-14(11)4-6-17(9)13-8-10(15(18)19)2-3-12(13)16/h2-3,5,7-9H,4,6,16H2,1H3,(H,18,19). The zero-order valence-corrected chi connectivity index (χ0v) is 12.0. The Hall–Kier alpha value is -2.01. The first-order valence-corrected chi connectivity index (χ1v) is 7.41. The summed E-state index contributed by atoms with van der Waals surface area (Å²) in [5.41, 5.74) is 9.08. The van der Waals surface area contributed by atoms with E-state index in [1.54, 1.807) is 29.5 Å². The van der Waals surface area contributed by atoms with Crippen molar-refractivity contribution in [1.82, 2.24) is 0 Å². The second-order valence-electron chi connectivity index (χ2n) is 5.00. The number of anilines is 2. The molecule has 0 spiro atoms. The lowest BCUT2D eigenvalue weighted by atomic mass is 10.00. The summed E-state index contributed by atoms with van der Waals surface area (Å²) in [6.07, 6.45) is 0.980. The minimum absolute atomic E-state index is 0.219. The van der Waals surface area contributed by atoms with Crippen molar-refractivity contribution < 1.29 is 9.90 Å². The van der Waals surface area contributed by atoms with Gasteiger partial charge >= 0.3 is 5.97 Å². The van der Waals surface area contributed by atoms with Crippen LogP contribution in [0.3, 0.4) is 0 Å². The zero-order valence-electron chi connectivity index (χ0n) is 11.2. The van der Waals surface area contributed by atoms with E-state index < -0.39 is 5.97 Å². The molecule has 104 valence electrons. The first-order chi connectivity index (χ1) is 9.58. The summed E-state index contributed by atoms with van der Waals surface area (Å²) in [5.74, 6) is -0.924. The van der Waals surface area contributed by atoms with Crippen LogP contribution in [0.4, 0.5) is 11.4 Å². The average molecular weight is 288 g/mol. The van der Waals surface area contributed by atoms with Crippen molar-refractivity contribution in [1.29, 1.82) is 0 Å². The van der Waals surface area contributed by atoms with Gasteiger partial charge in [0.25, 0.3) is 0 Å². The van der Waals surface area contributed by atoms with Gasteiger partial charge in [0.05, 0.1) is 23.0 Å². The number of hydrogen-bond acceptors (Lipinski definition) is 4. The van der Waals surface area contributed by atoms with Crippen LogP contribution < -0.4 is 10.6 Å². The Bertz CT molecular complexity index is 666. The van der Waals surface area contributed by atoms with E-state index in [0.29, 0.717) is 5.69 Å². The number of nitrogen functional groups attached to an aromatic ring is 1. The molecule has 2 aromatic rings. The van der Waals surface area contributed by atoms with Crippen LogP contribution in [0.25, 0.3) is 0 Å². The van der Waals surface area contributed by atoms with Crippen molar-refractivity contribution in [3.63, 3.8) is 0 Å². The van der Waals surface area contributed by atoms with Gasteiger partial charge in [-0.1, -0.05) is 0 Å². The van der Waals surface area contributed by atoms with E-state index in [2.05, 4.69) is 23.3 Å². The van der Waals surface area contributed by atoms with Gasteiger partial charge in [-0.2, -0.15) is 0 Å². The molecule has 2 heterocycles. The summed E-state index contributed by atoms with van der Waals surface area (Å²) in [6.45, 7) is 3.00. The van der Waals surface area contributed by atoms with E-state index >= 15 is 0 Å². The maximum atomic E-state index is 11.1. The van der Waals surface area contributed by atoms with E-state index in [0.717, 1.165) is 18.7 Å². The molecular formula is C15H16N2O2S. The van der Waals surface area contributed by atoms with Crippen LogP contribution in [0.1, 0.15) is 33.8 Å². The van der Waals surface area contributed by atoms with Crippen LogP contribution in [-0.4, -0.2) is 17.6 Å². The summed E-state index contributed by atoms with van der Waals surface area (Å²) in [6, 6.07) is 7.26. The predicted octanol–water partition coefficient (Wildman–Crippen LogP) is 3.15. The van der Waals surface area contributed by atoms with Crippen molar-refractivity contribution in [3.8, 4) is 0 Å². The molecule has 1 aliphatic heterocycles. The molecule has 0 radical (unpaired) electrons. The van der Waals surface area contributed by atoms with Crippen LogP contribution in [0.2, 0.25) is 0 Å². The van der Waals surface area contributed by atoms with Gasteiger partial charge in [0, 0.05) is 11.4 Å². The maximum absolute atomic E-state index is 11.1. The first kappa shape index (κ1) is 13.0. The van der Waals surface area contributed by atoms with E-state index in [1.807, 2.05) is 0 Å². The van der Waals surface area contributed by atoms with Gasteiger partial charge in [0.1, 0.15) is 0 Å². The lowest BCUT2D eigenvalue weighted by Crippen LogP contribution is -2.33. The molecule has 1 aromatic heterocycles. The minimum atomic E-state index is -0.924. The largest absolute Gasteiger partial charge is 0.478 e. The van der Waals surface area contributed by atoms with Gasteiger partial charge in [-0.3, -0.25) is 0 Å². The molecule has 3 rings (SSSR count). The van der Waals surface area contributed by atoms with Gasteiger partial charge in [-0.05, 0) is 48.6 Å². The molecule has 0 saturated carbocycles. The predicted molar refractivity (Wildman–Crippen MR) is 81.6 cm³/mol. The van der Waals surface area contributed by atoms with E-state index in [-0.39, 0.29) is 11.6 Å². The Morgan fingerprint density at radius 2 is 2.25 bits per heavy atom. The highest BCUT2D eigenvalue weighted by molar-refractivity contribution is 7.10. The fraction of sp³-hybridized carbons (Fsp3) is 0.267. The third kappa shape index (κ3) is 2.04. The van der Waals surface area contributed by atoms with Gasteiger partial charge < -0.3 is 15.7 Å². The summed E-state index contributed by atoms with van der Waals surface area (Å²) in [5, 5.41) is 11.2. The van der Waals surface area contributed by atoms with Crippen LogP contribution in [0.15, 0.2) is 29.6 Å². The van der Waals surface area contributed by atoms with E-state index in [9.17, 15) is 4.79 Å². The van der Waals surface area contributed by atoms with Gasteiger partial charge in [-0.15, -0.1) is 11.3 Å². The van der Waals surface area contributed by atoms with Crippen molar-refractivity contribution >= 4 is 28.7 Å². The molecule has 1 unspecified atom stereocenters. The number of hydrogen-bond donors (Lipinski definition) is 2. The number of nitrogens with two attached hydrogens (primary N) is 1. The Morgan fingerprint density at radius 1 is 1.45 bits per heavy atom. The number of rotatable bonds is 2. The molecule has 0 fully saturated rings. The molecule has 3 N–H and O–H groups in total. The molecule has 5 heteroatoms. The molecule has 0 bridgehead atoms. The van der Waals surface area contributed by atoms with Crippen LogP contribution in [0.5, 0.6) is 0 Å². The molecule has 4 nitrogen and oxygen atoms in total. The average Bonchev–Trinajstić information content (AvgIpc) is 2.89. The Morgan fingerprint density at radius 3 is 3.00 bits per heavy atom. The minimum Gasteiger partial charge on any atom is -0.478 e. The molecule has 0 aliphatic carbocycles. The lowest BCUT2D eigenvalue weighted by Gasteiger charge is -2.36. The van der Waals surface area contributed by atoms with E-state index in [1.165, 1.54) is 10.4 Å². The monoisotopic (exact) mass is 288 g/mol. The second-order valence-corrected chi connectivity index (χ2v) is 6.00. The number of carbonyl (C=O) groups is 1. The topological polar surface area (TPSA) is 66.6 Å². The number of carboxylic acid groups (broad SMARTS) is 1. The van der Waals surface area contributed by atoms with Crippen molar-refractivity contribution in [2.75, 3.05) is 17.2 Å². The highest BCUT2D eigenvalue weighted by atomic mass is 32.1. The van der Waals surface area contributed by atoms with Gasteiger partial charge in [0.2, 0.25) is 0 Å². The molecular weight excluding hydrogens is 272 g/mol. The normalized spacial score (nSPS) is 17.9. The number of carboxylic acids is 1. The van der Waals surface area contributed by atoms with Crippen LogP contribution in [0, 0.1) is 0 Å². The lowest BCUT2D eigenvalue weighted by molar-refractivity contribution is 0.0697. The number of thiophene rings is 1. The van der Waals surface area contributed by atoms with Crippen molar-refractivity contribution in [3.05, 3.63) is 45.6 Å². The number of aromatic carboxylic acids is 1. The van der Waals surface area contributed by atoms with Gasteiger partial charge in [0.15, 0.2) is 0 Å². The smallest absolute Gasteiger partial charge is 0.335 e. The van der Waals surface area contributed by atoms with Crippen LogP contribution >= 0.6 is 11.3 Å². The summed E-state index contributed by atoms with van der Waals surface area (Å²) < 4.78 is 0. The highest BCUT2D eigenvalue weighted by Crippen LogP contribution is 2.38. The zero-order chi connectivity index (χ0) is 14.3. The first-order valence-electron chi connectivity index (χ1n) is 6.53. The fourth-order valence-electron chi connectivity index (χ4n) is 2.76. The Balaban J connectivity index is 2.02. The van der Waals surface area contributed by atoms with E-state index in [4.69, 9.17) is 10.8 Å². The number of nitrogens with zero attached hydrogens (tertiary/aromatic N) is 1. The maximum Gasteiger partial charge on any atom is 0.335 e. The second kappa shape index (κ2) is 4.83. The third-order valence-electron chi connectivity index (χ3n) is 3.86.